The summed E-state index contributed by atoms with van der Waals surface area (Å²) in [5.41, 5.74) is 2.51. The minimum atomic E-state index is -0.223. The summed E-state index contributed by atoms with van der Waals surface area (Å²) in [6.45, 7) is 2.49. The van der Waals surface area contributed by atoms with Crippen LogP contribution < -0.4 is 14.9 Å². The fourth-order valence-electron chi connectivity index (χ4n) is 3.46. The van der Waals surface area contributed by atoms with Gasteiger partial charge in [0.15, 0.2) is 0 Å². The third-order valence-electron chi connectivity index (χ3n) is 5.19. The molecule has 0 radical (unpaired) electrons. The van der Waals surface area contributed by atoms with Crippen LogP contribution in [-0.4, -0.2) is 0 Å². The highest BCUT2D eigenvalue weighted by molar-refractivity contribution is 5.84. The third kappa shape index (κ3) is 4.01. The molecule has 0 spiro atoms. The maximum Gasteiger partial charge on any atom is 0.235 e. The number of hydrogen-bond acceptors (Lipinski definition) is 4. The summed E-state index contributed by atoms with van der Waals surface area (Å²) in [5, 5.41) is 2.60. The van der Waals surface area contributed by atoms with Crippen molar-refractivity contribution in [3.8, 4) is 17.2 Å². The summed E-state index contributed by atoms with van der Waals surface area (Å²) < 4.78 is 17.4. The first kappa shape index (κ1) is 18.9. The maximum atomic E-state index is 12.9. The van der Waals surface area contributed by atoms with Crippen molar-refractivity contribution < 1.29 is 13.9 Å². The van der Waals surface area contributed by atoms with E-state index in [1.165, 1.54) is 11.8 Å². The van der Waals surface area contributed by atoms with Gasteiger partial charge in [0, 0.05) is 6.07 Å². The summed E-state index contributed by atoms with van der Waals surface area (Å²) in [6.07, 6.45) is 1.35. The van der Waals surface area contributed by atoms with Crippen LogP contribution >= 0.6 is 0 Å². The van der Waals surface area contributed by atoms with E-state index in [0.29, 0.717) is 29.1 Å². The predicted molar refractivity (Wildman–Crippen MR) is 122 cm³/mol. The first-order valence-corrected chi connectivity index (χ1v) is 10.1. The lowest BCUT2D eigenvalue weighted by atomic mass is 10.1. The van der Waals surface area contributed by atoms with Gasteiger partial charge >= 0.3 is 0 Å². The van der Waals surface area contributed by atoms with E-state index in [0.717, 1.165) is 16.3 Å². The molecule has 4 aromatic carbocycles. The summed E-state index contributed by atoms with van der Waals surface area (Å²) in [4.78, 5) is 12.9. The molecule has 31 heavy (non-hydrogen) atoms. The van der Waals surface area contributed by atoms with Gasteiger partial charge in [0.05, 0.1) is 5.39 Å². The summed E-state index contributed by atoms with van der Waals surface area (Å²) >= 11 is 0. The molecule has 5 rings (SSSR count). The second kappa shape index (κ2) is 8.00. The van der Waals surface area contributed by atoms with E-state index >= 15 is 0 Å². The first-order valence-electron chi connectivity index (χ1n) is 10.1. The molecule has 0 saturated carbocycles. The molecule has 0 saturated heterocycles. The Morgan fingerprint density at radius 1 is 0.806 bits per heavy atom. The number of rotatable bonds is 5. The van der Waals surface area contributed by atoms with Crippen LogP contribution in [0, 0.1) is 6.92 Å². The SMILES string of the molecule is Cc1ccc(COc2ccc3c(=O)c(Oc4ccc5ccccc5c4)coc3c2)cc1. The van der Waals surface area contributed by atoms with Gasteiger partial charge in [-0.1, -0.05) is 60.2 Å². The van der Waals surface area contributed by atoms with Gasteiger partial charge < -0.3 is 13.9 Å². The number of aryl methyl sites for hydroxylation is 1. The lowest BCUT2D eigenvalue weighted by Crippen LogP contribution is -2.05. The molecule has 5 aromatic rings. The monoisotopic (exact) mass is 408 g/mol. The van der Waals surface area contributed by atoms with Crippen LogP contribution in [0.15, 0.2) is 100 Å². The molecule has 1 heterocycles. The zero-order valence-corrected chi connectivity index (χ0v) is 17.0. The average molecular weight is 408 g/mol. The van der Waals surface area contributed by atoms with Gasteiger partial charge in [0.2, 0.25) is 11.2 Å². The summed E-state index contributed by atoms with van der Waals surface area (Å²) in [7, 11) is 0. The Morgan fingerprint density at radius 3 is 2.42 bits per heavy atom. The molecule has 4 heteroatoms. The van der Waals surface area contributed by atoms with E-state index in [2.05, 4.69) is 12.1 Å². The molecule has 0 amide bonds. The van der Waals surface area contributed by atoms with Crippen molar-refractivity contribution in [2.75, 3.05) is 0 Å². The maximum absolute atomic E-state index is 12.9. The Balaban J connectivity index is 1.38. The van der Waals surface area contributed by atoms with Crippen LogP contribution in [-0.2, 0) is 6.61 Å². The second-order valence-electron chi connectivity index (χ2n) is 7.47. The van der Waals surface area contributed by atoms with Gasteiger partial charge in [-0.05, 0) is 47.5 Å². The Bertz CT molecular complexity index is 1430. The Hall–Kier alpha value is -4.05. The molecule has 0 aliphatic heterocycles. The molecule has 152 valence electrons. The fraction of sp³-hybridized carbons (Fsp3) is 0.0741. The zero-order valence-electron chi connectivity index (χ0n) is 17.0. The highest BCUT2D eigenvalue weighted by atomic mass is 16.5. The molecular weight excluding hydrogens is 388 g/mol. The van der Waals surface area contributed by atoms with E-state index in [1.807, 2.05) is 61.5 Å². The molecule has 0 bridgehead atoms. The van der Waals surface area contributed by atoms with E-state index < -0.39 is 0 Å². The summed E-state index contributed by atoms with van der Waals surface area (Å²) in [5.74, 6) is 1.37. The molecule has 0 unspecified atom stereocenters. The quantitative estimate of drug-likeness (QED) is 0.328. The minimum Gasteiger partial charge on any atom is -0.489 e. The molecule has 0 atom stereocenters. The van der Waals surface area contributed by atoms with Crippen LogP contribution in [0.5, 0.6) is 17.2 Å². The van der Waals surface area contributed by atoms with E-state index in [-0.39, 0.29) is 11.2 Å². The van der Waals surface area contributed by atoms with E-state index in [1.54, 1.807) is 18.2 Å². The van der Waals surface area contributed by atoms with Crippen LogP contribution in [0.25, 0.3) is 21.7 Å². The van der Waals surface area contributed by atoms with Crippen LogP contribution in [0.3, 0.4) is 0 Å². The minimum absolute atomic E-state index is 0.149. The Labute approximate surface area is 179 Å². The number of fused-ring (bicyclic) bond motifs is 2. The predicted octanol–water partition coefficient (Wildman–Crippen LogP) is 6.63. The van der Waals surface area contributed by atoms with E-state index in [4.69, 9.17) is 13.9 Å². The van der Waals surface area contributed by atoms with Crippen molar-refractivity contribution in [3.05, 3.63) is 113 Å². The van der Waals surface area contributed by atoms with Crippen LogP contribution in [0.1, 0.15) is 11.1 Å². The molecule has 0 aliphatic carbocycles. The summed E-state index contributed by atoms with van der Waals surface area (Å²) in [6, 6.07) is 27.1. The van der Waals surface area contributed by atoms with Crippen LogP contribution in [0.2, 0.25) is 0 Å². The van der Waals surface area contributed by atoms with Crippen molar-refractivity contribution in [3.63, 3.8) is 0 Å². The van der Waals surface area contributed by atoms with Gasteiger partial charge in [-0.2, -0.15) is 0 Å². The van der Waals surface area contributed by atoms with Crippen molar-refractivity contribution in [1.82, 2.24) is 0 Å². The van der Waals surface area contributed by atoms with Gasteiger partial charge in [0.25, 0.3) is 0 Å². The molecule has 4 nitrogen and oxygen atoms in total. The highest BCUT2D eigenvalue weighted by Gasteiger charge is 2.11. The topological polar surface area (TPSA) is 48.7 Å². The third-order valence-corrected chi connectivity index (χ3v) is 5.19. The highest BCUT2D eigenvalue weighted by Crippen LogP contribution is 2.27. The van der Waals surface area contributed by atoms with Crippen molar-refractivity contribution in [2.24, 2.45) is 0 Å². The fourth-order valence-corrected chi connectivity index (χ4v) is 3.46. The lowest BCUT2D eigenvalue weighted by molar-refractivity contribution is 0.306. The zero-order chi connectivity index (χ0) is 21.2. The first-order chi connectivity index (χ1) is 15.2. The van der Waals surface area contributed by atoms with E-state index in [9.17, 15) is 4.79 Å². The van der Waals surface area contributed by atoms with Gasteiger partial charge in [0.1, 0.15) is 30.0 Å². The normalized spacial score (nSPS) is 11.0. The van der Waals surface area contributed by atoms with Gasteiger partial charge in [-0.3, -0.25) is 4.79 Å². The number of ether oxygens (including phenoxy) is 2. The molecule has 1 aromatic heterocycles. The standard InChI is InChI=1S/C27H20O4/c1-18-6-8-19(9-7-18)16-29-22-12-13-24-25(15-22)30-17-26(27(24)28)31-23-11-10-20-4-2-3-5-21(20)14-23/h2-15,17H,16H2,1H3. The van der Waals surface area contributed by atoms with Crippen molar-refractivity contribution in [2.45, 2.75) is 13.5 Å². The number of benzene rings is 4. The Kier molecular flexibility index (Phi) is 4.89. The smallest absolute Gasteiger partial charge is 0.235 e. The second-order valence-corrected chi connectivity index (χ2v) is 7.47. The van der Waals surface area contributed by atoms with Crippen molar-refractivity contribution >= 4 is 21.7 Å². The molecule has 0 N–H and O–H groups in total. The molecular formula is C27H20O4. The molecule has 0 fully saturated rings. The Morgan fingerprint density at radius 2 is 1.58 bits per heavy atom. The molecule has 0 aliphatic rings. The van der Waals surface area contributed by atoms with Gasteiger partial charge in [-0.25, -0.2) is 0 Å². The largest absolute Gasteiger partial charge is 0.489 e. The lowest BCUT2D eigenvalue weighted by Gasteiger charge is -2.09. The van der Waals surface area contributed by atoms with Crippen molar-refractivity contribution in [1.29, 1.82) is 0 Å². The van der Waals surface area contributed by atoms with Crippen LogP contribution in [0.4, 0.5) is 0 Å². The van der Waals surface area contributed by atoms with Gasteiger partial charge in [-0.15, -0.1) is 0 Å². The number of hydrogen-bond donors (Lipinski definition) is 0. The average Bonchev–Trinajstić information content (AvgIpc) is 2.80.